The Bertz CT molecular complexity index is 1570. The van der Waals surface area contributed by atoms with Crippen LogP contribution in [0.1, 0.15) is 5.76 Å². The molecular weight excluding hydrogens is 508 g/mol. The minimum absolute atomic E-state index is 0.0218. The molecule has 0 aliphatic rings. The van der Waals surface area contributed by atoms with Gasteiger partial charge in [0.2, 0.25) is 17.8 Å². The molecule has 0 fully saturated rings. The van der Waals surface area contributed by atoms with Crippen molar-refractivity contribution in [2.24, 2.45) is 5.10 Å². The Labute approximate surface area is 221 Å². The van der Waals surface area contributed by atoms with E-state index in [9.17, 15) is 10.1 Å². The van der Waals surface area contributed by atoms with Crippen LogP contribution in [-0.2, 0) is 0 Å². The number of nitro benzene ring substituents is 1. The van der Waals surface area contributed by atoms with Gasteiger partial charge in [0.1, 0.15) is 11.5 Å². The molecule has 0 radical (unpaired) electrons. The number of halogens is 1. The third-order valence-corrected chi connectivity index (χ3v) is 5.36. The van der Waals surface area contributed by atoms with Crippen molar-refractivity contribution in [2.45, 2.75) is 0 Å². The number of furan rings is 1. The monoisotopic (exact) mass is 526 g/mol. The zero-order chi connectivity index (χ0) is 26.3. The van der Waals surface area contributed by atoms with Crippen LogP contribution in [0, 0.1) is 10.1 Å². The van der Waals surface area contributed by atoms with Crippen LogP contribution in [0.25, 0.3) is 11.3 Å². The van der Waals surface area contributed by atoms with E-state index in [0.717, 1.165) is 11.3 Å². The van der Waals surface area contributed by atoms with Gasteiger partial charge in [0.15, 0.2) is 0 Å². The van der Waals surface area contributed by atoms with Crippen molar-refractivity contribution in [2.75, 3.05) is 16.1 Å². The fourth-order valence-electron chi connectivity index (χ4n) is 3.33. The highest BCUT2D eigenvalue weighted by Crippen LogP contribution is 2.24. The summed E-state index contributed by atoms with van der Waals surface area (Å²) in [5.41, 5.74) is 4.99. The highest BCUT2D eigenvalue weighted by molar-refractivity contribution is 6.30. The average Bonchev–Trinajstić information content (AvgIpc) is 3.39. The number of hydrogen-bond donors (Lipinski definition) is 3. The molecule has 0 aliphatic heterocycles. The number of aromatic nitrogens is 3. The number of hydrogen-bond acceptors (Lipinski definition) is 10. The van der Waals surface area contributed by atoms with Gasteiger partial charge in [0.25, 0.3) is 5.69 Å². The summed E-state index contributed by atoms with van der Waals surface area (Å²) in [6.45, 7) is 0. The first kappa shape index (κ1) is 24.4. The lowest BCUT2D eigenvalue weighted by molar-refractivity contribution is -0.384. The van der Waals surface area contributed by atoms with Crippen molar-refractivity contribution in [3.63, 3.8) is 0 Å². The van der Waals surface area contributed by atoms with E-state index >= 15 is 0 Å². The number of benzene rings is 3. The molecular formula is C26H19ClN8O3. The van der Waals surface area contributed by atoms with E-state index in [1.54, 1.807) is 30.3 Å². The van der Waals surface area contributed by atoms with Gasteiger partial charge in [0.05, 0.1) is 11.1 Å². The Morgan fingerprint density at radius 1 is 0.789 bits per heavy atom. The summed E-state index contributed by atoms with van der Waals surface area (Å²) in [5, 5.41) is 21.9. The molecule has 0 spiro atoms. The van der Waals surface area contributed by atoms with Crippen LogP contribution in [0.15, 0.2) is 101 Å². The third kappa shape index (κ3) is 6.28. The summed E-state index contributed by atoms with van der Waals surface area (Å²) in [4.78, 5) is 23.6. The van der Waals surface area contributed by atoms with E-state index in [-0.39, 0.29) is 23.5 Å². The van der Waals surface area contributed by atoms with Gasteiger partial charge < -0.3 is 15.1 Å². The zero-order valence-corrected chi connectivity index (χ0v) is 20.3. The maximum atomic E-state index is 10.9. The lowest BCUT2D eigenvalue weighted by atomic mass is 10.2. The van der Waals surface area contributed by atoms with Gasteiger partial charge in [0, 0.05) is 34.1 Å². The number of nitro groups is 1. The average molecular weight is 527 g/mol. The predicted octanol–water partition coefficient (Wildman–Crippen LogP) is 6.63. The second-order valence-corrected chi connectivity index (χ2v) is 8.24. The number of hydrazone groups is 1. The first-order valence-corrected chi connectivity index (χ1v) is 11.6. The van der Waals surface area contributed by atoms with Crippen LogP contribution in [0.2, 0.25) is 5.02 Å². The lowest BCUT2D eigenvalue weighted by Crippen LogP contribution is -2.07. The minimum atomic E-state index is -0.466. The second-order valence-electron chi connectivity index (χ2n) is 7.81. The molecule has 2 aromatic heterocycles. The molecule has 5 aromatic rings. The first-order valence-electron chi connectivity index (χ1n) is 11.3. The Morgan fingerprint density at radius 2 is 1.42 bits per heavy atom. The highest BCUT2D eigenvalue weighted by atomic mass is 35.5. The molecule has 188 valence electrons. The van der Waals surface area contributed by atoms with Crippen molar-refractivity contribution in [1.82, 2.24) is 15.0 Å². The largest absolute Gasteiger partial charge is 0.455 e. The van der Waals surface area contributed by atoms with Crippen molar-refractivity contribution in [3.8, 4) is 11.3 Å². The Kier molecular flexibility index (Phi) is 7.18. The summed E-state index contributed by atoms with van der Waals surface area (Å²) in [7, 11) is 0. The number of anilines is 5. The summed E-state index contributed by atoms with van der Waals surface area (Å²) >= 11 is 5.95. The molecule has 38 heavy (non-hydrogen) atoms. The highest BCUT2D eigenvalue weighted by Gasteiger charge is 2.10. The van der Waals surface area contributed by atoms with Gasteiger partial charge in [-0.1, -0.05) is 29.8 Å². The fourth-order valence-corrected chi connectivity index (χ4v) is 3.46. The van der Waals surface area contributed by atoms with Crippen molar-refractivity contribution in [1.29, 1.82) is 0 Å². The molecule has 0 saturated carbocycles. The SMILES string of the molecule is O=[N+]([O-])c1ccc(Nc2nc(N/N=C/c3ccc(-c4ccc(Cl)cc4)o3)nc(Nc3ccccc3)n2)cc1. The normalized spacial score (nSPS) is 10.9. The molecule has 0 unspecified atom stereocenters. The number of para-hydroxylation sites is 1. The molecule has 5 rings (SSSR count). The summed E-state index contributed by atoms with van der Waals surface area (Å²) in [5.74, 6) is 1.81. The smallest absolute Gasteiger partial charge is 0.269 e. The van der Waals surface area contributed by atoms with E-state index in [1.165, 1.54) is 18.3 Å². The number of nitrogens with one attached hydrogen (secondary N) is 3. The van der Waals surface area contributed by atoms with Gasteiger partial charge in [-0.05, 0) is 60.7 Å². The summed E-state index contributed by atoms with van der Waals surface area (Å²) < 4.78 is 5.82. The molecule has 0 amide bonds. The summed E-state index contributed by atoms with van der Waals surface area (Å²) in [6.07, 6.45) is 1.50. The molecule has 11 nitrogen and oxygen atoms in total. The molecule has 3 N–H and O–H groups in total. The van der Waals surface area contributed by atoms with Gasteiger partial charge in [-0.3, -0.25) is 10.1 Å². The van der Waals surface area contributed by atoms with Crippen LogP contribution in [-0.4, -0.2) is 26.1 Å². The molecule has 0 aliphatic carbocycles. The Hall–Kier alpha value is -5.29. The maximum Gasteiger partial charge on any atom is 0.269 e. The maximum absolute atomic E-state index is 10.9. The van der Waals surface area contributed by atoms with Crippen LogP contribution in [0.5, 0.6) is 0 Å². The minimum Gasteiger partial charge on any atom is -0.455 e. The predicted molar refractivity (Wildman–Crippen MR) is 146 cm³/mol. The molecule has 0 bridgehead atoms. The molecule has 0 atom stereocenters. The Balaban J connectivity index is 1.34. The summed E-state index contributed by atoms with van der Waals surface area (Å²) in [6, 6.07) is 26.2. The van der Waals surface area contributed by atoms with E-state index in [1.807, 2.05) is 48.5 Å². The van der Waals surface area contributed by atoms with E-state index in [0.29, 0.717) is 22.2 Å². The molecule has 12 heteroatoms. The van der Waals surface area contributed by atoms with E-state index < -0.39 is 4.92 Å². The van der Waals surface area contributed by atoms with Gasteiger partial charge in [-0.15, -0.1) is 0 Å². The van der Waals surface area contributed by atoms with E-state index in [2.05, 4.69) is 36.1 Å². The second kappa shape index (κ2) is 11.2. The number of rotatable bonds is 9. The van der Waals surface area contributed by atoms with Crippen molar-refractivity contribution in [3.05, 3.63) is 112 Å². The van der Waals surface area contributed by atoms with Crippen LogP contribution < -0.4 is 16.1 Å². The molecule has 0 saturated heterocycles. The first-order chi connectivity index (χ1) is 18.5. The topological polar surface area (TPSA) is 143 Å². The zero-order valence-electron chi connectivity index (χ0n) is 19.6. The fraction of sp³-hybridized carbons (Fsp3) is 0. The van der Waals surface area contributed by atoms with Gasteiger partial charge >= 0.3 is 0 Å². The number of nitrogens with zero attached hydrogens (tertiary/aromatic N) is 5. The van der Waals surface area contributed by atoms with E-state index in [4.69, 9.17) is 16.0 Å². The number of non-ortho nitro benzene ring substituents is 1. The van der Waals surface area contributed by atoms with Crippen molar-refractivity contribution >= 4 is 52.7 Å². The molecule has 3 aromatic carbocycles. The van der Waals surface area contributed by atoms with Crippen LogP contribution in [0.4, 0.5) is 34.9 Å². The van der Waals surface area contributed by atoms with Gasteiger partial charge in [-0.25, -0.2) is 5.43 Å². The van der Waals surface area contributed by atoms with Gasteiger partial charge in [-0.2, -0.15) is 20.1 Å². The standard InChI is InChI=1S/C26H19ClN8O3/c27-18-8-6-17(7-9-18)23-15-14-22(38-23)16-28-34-26-32-24(29-19-4-2-1-3-5-19)31-25(33-26)30-20-10-12-21(13-11-20)35(36)37/h1-16H,(H3,29,30,31,32,33,34)/b28-16+. The third-order valence-electron chi connectivity index (χ3n) is 5.11. The van der Waals surface area contributed by atoms with Crippen LogP contribution in [0.3, 0.4) is 0 Å². The lowest BCUT2D eigenvalue weighted by Gasteiger charge is -2.10. The van der Waals surface area contributed by atoms with Crippen LogP contribution >= 0.6 is 11.6 Å². The Morgan fingerprint density at radius 3 is 2.08 bits per heavy atom. The molecule has 2 heterocycles. The van der Waals surface area contributed by atoms with Crippen molar-refractivity contribution < 1.29 is 9.34 Å². The quantitative estimate of drug-likeness (QED) is 0.109.